The van der Waals surface area contributed by atoms with E-state index in [2.05, 4.69) is 20.1 Å². The van der Waals surface area contributed by atoms with E-state index in [4.69, 9.17) is 20.2 Å². The fraction of sp³-hybridized carbons (Fsp3) is 0.286. The lowest BCUT2D eigenvalue weighted by molar-refractivity contribution is 0.144. The van der Waals surface area contributed by atoms with Gasteiger partial charge in [0.25, 0.3) is 5.56 Å². The van der Waals surface area contributed by atoms with Gasteiger partial charge in [-0.15, -0.1) is 0 Å². The Bertz CT molecular complexity index is 1250. The number of aromatic amines is 1. The highest BCUT2D eigenvalue weighted by Gasteiger charge is 2.19. The van der Waals surface area contributed by atoms with Crippen LogP contribution in [-0.2, 0) is 17.7 Å². The van der Waals surface area contributed by atoms with Crippen molar-refractivity contribution >= 4 is 16.7 Å². The van der Waals surface area contributed by atoms with Crippen molar-refractivity contribution in [1.82, 2.24) is 29.7 Å². The topological polar surface area (TPSA) is 134 Å². The van der Waals surface area contributed by atoms with E-state index in [0.29, 0.717) is 54.7 Å². The molecular formula is C21H23N7O3. The van der Waals surface area contributed by atoms with Gasteiger partial charge in [-0.2, -0.15) is 5.10 Å². The molecule has 0 aliphatic carbocycles. The summed E-state index contributed by atoms with van der Waals surface area (Å²) in [5, 5.41) is 4.50. The number of methoxy groups -OCH3 is 1. The summed E-state index contributed by atoms with van der Waals surface area (Å²) in [6.07, 6.45) is 3.86. The smallest absolute Gasteiger partial charge is 0.279 e. The van der Waals surface area contributed by atoms with E-state index in [1.807, 2.05) is 25.1 Å². The van der Waals surface area contributed by atoms with Crippen LogP contribution in [0.2, 0.25) is 0 Å². The Morgan fingerprint density at radius 2 is 2.06 bits per heavy atom. The van der Waals surface area contributed by atoms with Crippen molar-refractivity contribution in [2.45, 2.75) is 19.9 Å². The lowest BCUT2D eigenvalue weighted by atomic mass is 10.2. The zero-order chi connectivity index (χ0) is 21.8. The minimum Gasteiger partial charge on any atom is -0.475 e. The molecule has 31 heavy (non-hydrogen) atoms. The molecule has 4 aromatic heterocycles. The molecule has 0 amide bonds. The van der Waals surface area contributed by atoms with Crippen LogP contribution in [0.15, 0.2) is 41.5 Å². The van der Waals surface area contributed by atoms with Crippen LogP contribution in [0.25, 0.3) is 22.4 Å². The molecule has 0 saturated carbocycles. The zero-order valence-corrected chi connectivity index (χ0v) is 17.3. The molecule has 3 N–H and O–H groups in total. The second kappa shape index (κ2) is 8.92. The van der Waals surface area contributed by atoms with Gasteiger partial charge in [-0.25, -0.2) is 9.97 Å². The highest BCUT2D eigenvalue weighted by molar-refractivity contribution is 5.79. The van der Waals surface area contributed by atoms with Crippen molar-refractivity contribution in [2.75, 3.05) is 26.1 Å². The standard InChI is InChI=1S/C21H23N7O3/c1-3-16-17-18(27-28(16)12-14-6-4-5-7-23-14)20(29)26-19(25-17)15-10-13(22)11-24-21(15)31-9-8-30-2/h4-7,10-11H,3,8-9,12,22H2,1-2H3,(H,25,26,29). The molecule has 10 heteroatoms. The Kier molecular flexibility index (Phi) is 5.89. The van der Waals surface area contributed by atoms with E-state index in [9.17, 15) is 4.79 Å². The Hall–Kier alpha value is -3.79. The van der Waals surface area contributed by atoms with Gasteiger partial charge in [0.15, 0.2) is 5.52 Å². The second-order valence-corrected chi connectivity index (χ2v) is 6.85. The fourth-order valence-electron chi connectivity index (χ4n) is 3.29. The van der Waals surface area contributed by atoms with Crippen LogP contribution in [0.1, 0.15) is 18.3 Å². The van der Waals surface area contributed by atoms with Crippen molar-refractivity contribution in [1.29, 1.82) is 0 Å². The number of fused-ring (bicyclic) bond motifs is 1. The maximum absolute atomic E-state index is 12.9. The van der Waals surface area contributed by atoms with Gasteiger partial charge in [0.2, 0.25) is 5.88 Å². The lowest BCUT2D eigenvalue weighted by Gasteiger charge is -2.10. The van der Waals surface area contributed by atoms with Crippen molar-refractivity contribution < 1.29 is 9.47 Å². The Morgan fingerprint density at radius 1 is 1.19 bits per heavy atom. The van der Waals surface area contributed by atoms with Crippen LogP contribution in [0.3, 0.4) is 0 Å². The van der Waals surface area contributed by atoms with Crippen molar-refractivity contribution in [3.63, 3.8) is 0 Å². The van der Waals surface area contributed by atoms with Crippen LogP contribution < -0.4 is 16.0 Å². The average Bonchev–Trinajstić information content (AvgIpc) is 3.13. The second-order valence-electron chi connectivity index (χ2n) is 6.85. The van der Waals surface area contributed by atoms with Gasteiger partial charge in [0.05, 0.1) is 42.0 Å². The fourth-order valence-corrected chi connectivity index (χ4v) is 3.29. The van der Waals surface area contributed by atoms with Crippen LogP contribution in [-0.4, -0.2) is 50.0 Å². The average molecular weight is 421 g/mol. The number of aryl methyl sites for hydroxylation is 1. The van der Waals surface area contributed by atoms with E-state index < -0.39 is 0 Å². The number of nitrogens with one attached hydrogen (secondary N) is 1. The molecule has 4 rings (SSSR count). The molecule has 10 nitrogen and oxygen atoms in total. The molecule has 4 heterocycles. The van der Waals surface area contributed by atoms with Crippen molar-refractivity contribution in [3.8, 4) is 17.3 Å². The maximum atomic E-state index is 12.9. The molecule has 4 aromatic rings. The third-order valence-electron chi connectivity index (χ3n) is 4.73. The summed E-state index contributed by atoms with van der Waals surface area (Å²) in [7, 11) is 1.59. The third-order valence-corrected chi connectivity index (χ3v) is 4.73. The monoisotopic (exact) mass is 421 g/mol. The van der Waals surface area contributed by atoms with Gasteiger partial charge < -0.3 is 20.2 Å². The van der Waals surface area contributed by atoms with Gasteiger partial charge in [-0.3, -0.25) is 14.5 Å². The highest BCUT2D eigenvalue weighted by atomic mass is 16.5. The van der Waals surface area contributed by atoms with Gasteiger partial charge in [-0.1, -0.05) is 13.0 Å². The molecule has 0 fully saturated rings. The van der Waals surface area contributed by atoms with E-state index in [1.165, 1.54) is 6.20 Å². The summed E-state index contributed by atoms with van der Waals surface area (Å²) >= 11 is 0. The number of nitrogen functional groups attached to an aromatic ring is 1. The minimum absolute atomic E-state index is 0.273. The molecule has 0 aliphatic heterocycles. The number of pyridine rings is 2. The summed E-state index contributed by atoms with van der Waals surface area (Å²) in [4.78, 5) is 28.9. The number of nitrogens with two attached hydrogens (primary N) is 1. The summed E-state index contributed by atoms with van der Waals surface area (Å²) in [6, 6.07) is 7.35. The molecule has 0 saturated heterocycles. The number of hydrogen-bond donors (Lipinski definition) is 2. The maximum Gasteiger partial charge on any atom is 0.279 e. The van der Waals surface area contributed by atoms with Crippen LogP contribution in [0.5, 0.6) is 5.88 Å². The first-order valence-corrected chi connectivity index (χ1v) is 9.88. The Balaban J connectivity index is 1.81. The van der Waals surface area contributed by atoms with E-state index >= 15 is 0 Å². The van der Waals surface area contributed by atoms with E-state index in [-0.39, 0.29) is 11.1 Å². The molecular weight excluding hydrogens is 398 g/mol. The summed E-state index contributed by atoms with van der Waals surface area (Å²) < 4.78 is 12.5. The summed E-state index contributed by atoms with van der Waals surface area (Å²) in [6.45, 7) is 3.14. The van der Waals surface area contributed by atoms with Gasteiger partial charge in [-0.05, 0) is 24.6 Å². The van der Waals surface area contributed by atoms with Crippen LogP contribution in [0.4, 0.5) is 5.69 Å². The predicted molar refractivity (Wildman–Crippen MR) is 116 cm³/mol. The molecule has 0 atom stereocenters. The number of ether oxygens (including phenoxy) is 2. The molecule has 0 spiro atoms. The SMILES string of the molecule is CCc1c2nc(-c3cc(N)cnc3OCCOC)[nH]c(=O)c2nn1Cc1ccccn1. The Morgan fingerprint density at radius 3 is 2.81 bits per heavy atom. The first kappa shape index (κ1) is 20.5. The van der Waals surface area contributed by atoms with Crippen molar-refractivity contribution in [3.05, 3.63) is 58.4 Å². The largest absolute Gasteiger partial charge is 0.475 e. The van der Waals surface area contributed by atoms with E-state index in [0.717, 1.165) is 11.4 Å². The number of anilines is 1. The summed E-state index contributed by atoms with van der Waals surface area (Å²) in [5.41, 5.74) is 8.99. The van der Waals surface area contributed by atoms with Gasteiger partial charge >= 0.3 is 0 Å². The first-order chi connectivity index (χ1) is 15.1. The molecule has 0 bridgehead atoms. The molecule has 0 aliphatic rings. The normalized spacial score (nSPS) is 11.2. The number of H-pyrrole nitrogens is 1. The highest BCUT2D eigenvalue weighted by Crippen LogP contribution is 2.28. The van der Waals surface area contributed by atoms with Crippen LogP contribution in [0, 0.1) is 0 Å². The third kappa shape index (κ3) is 4.24. The number of hydrogen-bond acceptors (Lipinski definition) is 8. The summed E-state index contributed by atoms with van der Waals surface area (Å²) in [5.74, 6) is 0.629. The predicted octanol–water partition coefficient (Wildman–Crippen LogP) is 1.79. The number of aromatic nitrogens is 6. The number of rotatable bonds is 8. The minimum atomic E-state index is -0.347. The number of nitrogens with zero attached hydrogens (tertiary/aromatic N) is 5. The quantitative estimate of drug-likeness (QED) is 0.411. The van der Waals surface area contributed by atoms with Gasteiger partial charge in [0.1, 0.15) is 17.9 Å². The first-order valence-electron chi connectivity index (χ1n) is 9.88. The zero-order valence-electron chi connectivity index (χ0n) is 17.3. The van der Waals surface area contributed by atoms with Crippen molar-refractivity contribution in [2.24, 2.45) is 0 Å². The Labute approximate surface area is 178 Å². The van der Waals surface area contributed by atoms with Crippen LogP contribution >= 0.6 is 0 Å². The molecule has 0 aromatic carbocycles. The molecule has 0 radical (unpaired) electrons. The van der Waals surface area contributed by atoms with E-state index in [1.54, 1.807) is 24.1 Å². The van der Waals surface area contributed by atoms with Gasteiger partial charge in [0, 0.05) is 13.3 Å². The lowest BCUT2D eigenvalue weighted by Crippen LogP contribution is -2.12. The molecule has 0 unspecified atom stereocenters. The molecule has 160 valence electrons.